The molecule has 2 rings (SSSR count). The van der Waals surface area contributed by atoms with Gasteiger partial charge in [-0.2, -0.15) is 5.10 Å². The maximum absolute atomic E-state index is 11.3. The Balaban J connectivity index is 2.39. The quantitative estimate of drug-likeness (QED) is 0.723. The molecule has 14 heavy (non-hydrogen) atoms. The number of amidine groups is 1. The van der Waals surface area contributed by atoms with Crippen molar-refractivity contribution in [2.75, 3.05) is 5.01 Å². The average Bonchev–Trinajstić information content (AvgIpc) is 2.47. The van der Waals surface area contributed by atoms with Gasteiger partial charge >= 0.3 is 0 Å². The van der Waals surface area contributed by atoms with Crippen LogP contribution < -0.4 is 5.01 Å². The highest BCUT2D eigenvalue weighted by Crippen LogP contribution is 2.18. The van der Waals surface area contributed by atoms with Crippen LogP contribution in [-0.2, 0) is 4.79 Å². The second-order valence-electron chi connectivity index (χ2n) is 3.01. The molecule has 0 aromatic heterocycles. The number of carbonyl (C=O) groups is 1. The number of hydrogen-bond acceptors (Lipinski definition) is 3. The lowest BCUT2D eigenvalue weighted by atomic mass is 10.2. The van der Waals surface area contributed by atoms with Crippen LogP contribution in [0.5, 0.6) is 0 Å². The molecule has 1 aliphatic rings. The molecule has 0 saturated heterocycles. The minimum Gasteiger partial charge on any atom is -0.284 e. The predicted octanol–water partition coefficient (Wildman–Crippen LogP) is 1.43. The van der Waals surface area contributed by atoms with Crippen LogP contribution in [0.3, 0.4) is 0 Å². The lowest BCUT2D eigenvalue weighted by Crippen LogP contribution is -2.25. The summed E-state index contributed by atoms with van der Waals surface area (Å²) in [6.45, 7) is 1.61. The van der Waals surface area contributed by atoms with Crippen LogP contribution in [0.1, 0.15) is 6.92 Å². The van der Waals surface area contributed by atoms with Crippen molar-refractivity contribution in [3.8, 4) is 0 Å². The third kappa shape index (κ3) is 1.21. The predicted molar refractivity (Wildman–Crippen MR) is 54.8 cm³/mol. The van der Waals surface area contributed by atoms with Crippen LogP contribution in [0.25, 0.3) is 0 Å². The lowest BCUT2D eigenvalue weighted by molar-refractivity contribution is -0.107. The first-order chi connectivity index (χ1) is 6.70. The molecule has 1 aromatic rings. The number of ketones is 1. The minimum atomic E-state index is -0.311. The van der Waals surface area contributed by atoms with Crippen molar-refractivity contribution in [3.05, 3.63) is 30.3 Å². The van der Waals surface area contributed by atoms with Crippen LogP contribution in [0.4, 0.5) is 5.69 Å². The Morgan fingerprint density at radius 3 is 2.43 bits per heavy atom. The summed E-state index contributed by atoms with van der Waals surface area (Å²) in [4.78, 5) is 11.3. The number of rotatable bonds is 1. The molecule has 1 aromatic carbocycles. The van der Waals surface area contributed by atoms with Gasteiger partial charge in [0.15, 0.2) is 5.84 Å². The smallest absolute Gasteiger partial charge is 0.245 e. The zero-order chi connectivity index (χ0) is 10.1. The van der Waals surface area contributed by atoms with Gasteiger partial charge in [0.05, 0.1) is 5.69 Å². The third-order valence-electron chi connectivity index (χ3n) is 2.01. The van der Waals surface area contributed by atoms with Crippen molar-refractivity contribution in [1.82, 2.24) is 0 Å². The molecule has 0 aliphatic carbocycles. The number of anilines is 1. The topological polar surface area (TPSA) is 56.5 Å². The van der Waals surface area contributed by atoms with Crippen LogP contribution in [-0.4, -0.2) is 17.3 Å². The SMILES string of the molecule is CC1=NN(c2ccccc2)C(=N)C1=O. The Bertz CT molecular complexity index is 422. The number of benzene rings is 1. The molecule has 0 fully saturated rings. The highest BCUT2D eigenvalue weighted by atomic mass is 16.1. The highest BCUT2D eigenvalue weighted by Gasteiger charge is 2.28. The standard InChI is InChI=1S/C10H9N3O/c1-7-9(14)10(11)13(12-7)8-5-3-2-4-6-8/h2-6,11H,1H3. The van der Waals surface area contributed by atoms with E-state index in [0.717, 1.165) is 5.69 Å². The van der Waals surface area contributed by atoms with E-state index in [1.165, 1.54) is 5.01 Å². The van der Waals surface area contributed by atoms with Crippen molar-refractivity contribution in [2.24, 2.45) is 5.10 Å². The van der Waals surface area contributed by atoms with Gasteiger partial charge in [-0.15, -0.1) is 0 Å². The largest absolute Gasteiger partial charge is 0.284 e. The van der Waals surface area contributed by atoms with E-state index in [1.54, 1.807) is 6.92 Å². The van der Waals surface area contributed by atoms with Gasteiger partial charge in [0.2, 0.25) is 5.78 Å². The van der Waals surface area contributed by atoms with Gasteiger partial charge < -0.3 is 0 Å². The highest BCUT2D eigenvalue weighted by molar-refractivity contribution is 6.69. The Morgan fingerprint density at radius 2 is 1.93 bits per heavy atom. The maximum atomic E-state index is 11.3. The number of carbonyl (C=O) groups excluding carboxylic acids is 1. The van der Waals surface area contributed by atoms with Gasteiger partial charge in [-0.05, 0) is 19.1 Å². The summed E-state index contributed by atoms with van der Waals surface area (Å²) in [5, 5.41) is 12.9. The van der Waals surface area contributed by atoms with Gasteiger partial charge in [0, 0.05) is 0 Å². The van der Waals surface area contributed by atoms with Crippen molar-refractivity contribution in [1.29, 1.82) is 5.41 Å². The van der Waals surface area contributed by atoms with Crippen LogP contribution in [0.2, 0.25) is 0 Å². The first kappa shape index (κ1) is 8.62. The van der Waals surface area contributed by atoms with E-state index in [0.29, 0.717) is 5.71 Å². The maximum Gasteiger partial charge on any atom is 0.245 e. The Hall–Kier alpha value is -1.97. The van der Waals surface area contributed by atoms with E-state index in [2.05, 4.69) is 5.10 Å². The number of para-hydroxylation sites is 1. The minimum absolute atomic E-state index is 0.0892. The summed E-state index contributed by atoms with van der Waals surface area (Å²) in [5.41, 5.74) is 1.10. The van der Waals surface area contributed by atoms with Gasteiger partial charge in [-0.3, -0.25) is 10.2 Å². The Labute approximate surface area is 81.4 Å². The van der Waals surface area contributed by atoms with E-state index < -0.39 is 0 Å². The molecule has 0 unspecified atom stereocenters. The first-order valence-corrected chi connectivity index (χ1v) is 4.24. The van der Waals surface area contributed by atoms with Gasteiger partial charge in [-0.1, -0.05) is 18.2 Å². The van der Waals surface area contributed by atoms with Crippen molar-refractivity contribution < 1.29 is 4.79 Å². The molecular formula is C10H9N3O. The number of nitrogens with zero attached hydrogens (tertiary/aromatic N) is 2. The first-order valence-electron chi connectivity index (χ1n) is 4.24. The second kappa shape index (κ2) is 3.06. The van der Waals surface area contributed by atoms with Gasteiger partial charge in [0.1, 0.15) is 5.71 Å². The van der Waals surface area contributed by atoms with E-state index in [4.69, 9.17) is 5.41 Å². The summed E-state index contributed by atoms with van der Waals surface area (Å²) in [6.07, 6.45) is 0. The molecule has 0 saturated carbocycles. The summed E-state index contributed by atoms with van der Waals surface area (Å²) >= 11 is 0. The molecule has 0 bridgehead atoms. The molecule has 70 valence electrons. The number of nitrogens with one attached hydrogen (secondary N) is 1. The zero-order valence-corrected chi connectivity index (χ0v) is 7.69. The molecule has 1 aliphatic heterocycles. The number of hydrazone groups is 1. The van der Waals surface area contributed by atoms with E-state index in [9.17, 15) is 4.79 Å². The summed E-state index contributed by atoms with van der Waals surface area (Å²) < 4.78 is 0. The Morgan fingerprint density at radius 1 is 1.29 bits per heavy atom. The van der Waals surface area contributed by atoms with Crippen LogP contribution in [0.15, 0.2) is 35.4 Å². The van der Waals surface area contributed by atoms with Crippen LogP contribution in [0, 0.1) is 5.41 Å². The monoisotopic (exact) mass is 187 g/mol. The van der Waals surface area contributed by atoms with Crippen molar-refractivity contribution >= 4 is 23.0 Å². The summed E-state index contributed by atoms with van der Waals surface area (Å²) in [7, 11) is 0. The Kier molecular flexibility index (Phi) is 1.89. The fraction of sp³-hybridized carbons (Fsp3) is 0.100. The molecular weight excluding hydrogens is 178 g/mol. The molecule has 1 N–H and O–H groups in total. The fourth-order valence-electron chi connectivity index (χ4n) is 1.27. The van der Waals surface area contributed by atoms with Crippen LogP contribution >= 0.6 is 0 Å². The van der Waals surface area contributed by atoms with E-state index in [1.807, 2.05) is 30.3 Å². The number of hydrogen-bond donors (Lipinski definition) is 1. The molecule has 0 atom stereocenters. The van der Waals surface area contributed by atoms with E-state index >= 15 is 0 Å². The number of Topliss-reactive ketones (excluding diaryl/α,β-unsaturated/α-hetero) is 1. The normalized spacial score (nSPS) is 16.1. The summed E-state index contributed by atoms with van der Waals surface area (Å²) in [5.74, 6) is -0.400. The molecule has 1 heterocycles. The molecule has 4 heteroatoms. The lowest BCUT2D eigenvalue weighted by Gasteiger charge is -2.11. The molecule has 0 spiro atoms. The molecule has 0 amide bonds. The second-order valence-corrected chi connectivity index (χ2v) is 3.01. The summed E-state index contributed by atoms with van der Waals surface area (Å²) in [6, 6.07) is 9.18. The molecule has 0 radical (unpaired) electrons. The average molecular weight is 187 g/mol. The van der Waals surface area contributed by atoms with Crippen molar-refractivity contribution in [2.45, 2.75) is 6.92 Å². The van der Waals surface area contributed by atoms with Gasteiger partial charge in [-0.25, -0.2) is 5.01 Å². The van der Waals surface area contributed by atoms with E-state index in [-0.39, 0.29) is 11.6 Å². The van der Waals surface area contributed by atoms with Crippen molar-refractivity contribution in [3.63, 3.8) is 0 Å². The third-order valence-corrected chi connectivity index (χ3v) is 2.01. The fourth-order valence-corrected chi connectivity index (χ4v) is 1.27. The molecule has 4 nitrogen and oxygen atoms in total. The van der Waals surface area contributed by atoms with Gasteiger partial charge in [0.25, 0.3) is 0 Å². The zero-order valence-electron chi connectivity index (χ0n) is 7.69.